The highest BCUT2D eigenvalue weighted by Gasteiger charge is 2.14. The molecule has 0 atom stereocenters. The van der Waals surface area contributed by atoms with Gasteiger partial charge < -0.3 is 18.8 Å². The molecule has 8 heteroatoms. The zero-order valence-electron chi connectivity index (χ0n) is 12.1. The minimum Gasteiger partial charge on any atom is -0.464 e. The average molecular weight is 316 g/mol. The zero-order valence-corrected chi connectivity index (χ0v) is 12.1. The Morgan fingerprint density at radius 2 is 1.83 bits per heavy atom. The highest BCUT2D eigenvalue weighted by molar-refractivity contribution is 5.95. The number of hydrogen-bond donors (Lipinski definition) is 2. The molecule has 0 spiro atoms. The van der Waals surface area contributed by atoms with Crippen LogP contribution in [0.4, 0.5) is 0 Å². The Kier molecular flexibility index (Phi) is 1.97. The van der Waals surface area contributed by atoms with Gasteiger partial charge in [-0.1, -0.05) is 0 Å². The topological polar surface area (TPSA) is 109 Å². The average Bonchev–Trinajstić information content (AvgIpc) is 3.33. The number of nitrogens with zero attached hydrogens (tertiary/aromatic N) is 4. The second kappa shape index (κ2) is 3.99. The number of rotatable bonds is 1. The molecule has 1 aromatic carbocycles. The first-order valence-corrected chi connectivity index (χ1v) is 7.31. The second-order valence-electron chi connectivity index (χ2n) is 5.52. The van der Waals surface area contributed by atoms with Crippen LogP contribution in [0, 0.1) is 0 Å². The summed E-state index contributed by atoms with van der Waals surface area (Å²) in [6, 6.07) is 7.72. The van der Waals surface area contributed by atoms with E-state index in [4.69, 9.17) is 8.83 Å². The largest absolute Gasteiger partial charge is 0.464 e. The van der Waals surface area contributed by atoms with E-state index >= 15 is 0 Å². The molecule has 5 heterocycles. The fraction of sp³-hybridized carbons (Fsp3) is 0. The molecule has 6 rings (SSSR count). The van der Waals surface area contributed by atoms with E-state index in [-0.39, 0.29) is 0 Å². The molecule has 114 valence electrons. The van der Waals surface area contributed by atoms with Gasteiger partial charge in [-0.15, -0.1) is 0 Å². The number of aromatic amines is 2. The molecule has 5 aromatic heterocycles. The Balaban J connectivity index is 1.58. The molecule has 6 aromatic rings. The minimum absolute atomic E-state index is 0.499. The van der Waals surface area contributed by atoms with Crippen LogP contribution in [0.5, 0.6) is 0 Å². The van der Waals surface area contributed by atoms with E-state index in [1.165, 1.54) is 0 Å². The summed E-state index contributed by atoms with van der Waals surface area (Å²) < 4.78 is 11.4. The summed E-state index contributed by atoms with van der Waals surface area (Å²) >= 11 is 0. The number of fused-ring (bicyclic) bond motifs is 4. The van der Waals surface area contributed by atoms with Gasteiger partial charge >= 0.3 is 0 Å². The highest BCUT2D eigenvalue weighted by Crippen LogP contribution is 2.30. The van der Waals surface area contributed by atoms with Crippen molar-refractivity contribution in [3.63, 3.8) is 0 Å². The van der Waals surface area contributed by atoms with Crippen molar-refractivity contribution < 1.29 is 8.83 Å². The number of hydrogen-bond acceptors (Lipinski definition) is 6. The van der Waals surface area contributed by atoms with Crippen LogP contribution in [0.1, 0.15) is 0 Å². The van der Waals surface area contributed by atoms with E-state index in [0.29, 0.717) is 34.2 Å². The number of furan rings is 2. The second-order valence-corrected chi connectivity index (χ2v) is 5.52. The van der Waals surface area contributed by atoms with Gasteiger partial charge in [-0.3, -0.25) is 0 Å². The molecule has 0 saturated heterocycles. The summed E-state index contributed by atoms with van der Waals surface area (Å²) in [6.45, 7) is 0. The van der Waals surface area contributed by atoms with Crippen LogP contribution in [0.25, 0.3) is 56.1 Å². The lowest BCUT2D eigenvalue weighted by molar-refractivity contribution is 0.615. The van der Waals surface area contributed by atoms with Crippen molar-refractivity contribution in [2.45, 2.75) is 0 Å². The van der Waals surface area contributed by atoms with Crippen LogP contribution in [0.2, 0.25) is 0 Å². The van der Waals surface area contributed by atoms with Gasteiger partial charge in [0.05, 0.1) is 12.6 Å². The number of imidazole rings is 2. The minimum atomic E-state index is 0.499. The molecule has 8 nitrogen and oxygen atoms in total. The first kappa shape index (κ1) is 11.8. The number of nitrogens with one attached hydrogen (secondary N) is 2. The van der Waals surface area contributed by atoms with E-state index < -0.39 is 0 Å². The maximum atomic E-state index is 5.93. The number of aromatic nitrogens is 6. The third-order valence-corrected chi connectivity index (χ3v) is 4.03. The molecular formula is C16H8N6O2. The lowest BCUT2D eigenvalue weighted by Gasteiger charge is -1.88. The van der Waals surface area contributed by atoms with Gasteiger partial charge in [0.25, 0.3) is 0 Å². The zero-order chi connectivity index (χ0) is 15.7. The Labute approximate surface area is 132 Å². The Morgan fingerprint density at radius 1 is 0.875 bits per heavy atom. The Hall–Kier alpha value is -3.68. The summed E-state index contributed by atoms with van der Waals surface area (Å²) in [5.74, 6) is 1.19. The van der Waals surface area contributed by atoms with Crippen molar-refractivity contribution in [2.75, 3.05) is 0 Å². The van der Waals surface area contributed by atoms with Crippen LogP contribution in [0.15, 0.2) is 45.7 Å². The van der Waals surface area contributed by atoms with Crippen LogP contribution in [0.3, 0.4) is 0 Å². The molecule has 0 radical (unpaired) electrons. The molecule has 2 N–H and O–H groups in total. The molecule has 24 heavy (non-hydrogen) atoms. The van der Waals surface area contributed by atoms with Crippen molar-refractivity contribution in [1.82, 2.24) is 29.9 Å². The van der Waals surface area contributed by atoms with Gasteiger partial charge in [0.15, 0.2) is 34.2 Å². The van der Waals surface area contributed by atoms with E-state index in [0.717, 1.165) is 21.9 Å². The van der Waals surface area contributed by atoms with Gasteiger partial charge in [0, 0.05) is 10.8 Å². The van der Waals surface area contributed by atoms with Crippen LogP contribution >= 0.6 is 0 Å². The molecule has 0 unspecified atom stereocenters. The Bertz CT molecular complexity index is 1170. The predicted octanol–water partition coefficient (Wildman–Crippen LogP) is 3.39. The standard InChI is InChI=1S/C16H8N6O2/c1-2-23-9-4-8-5-11(24-10(8)3-7(1)9)12-19-15-16(20-12)22-14-13(21-15)17-6-18-14/h1-6H,(H2,17,18,19,20,21,22). The van der Waals surface area contributed by atoms with E-state index in [9.17, 15) is 0 Å². The lowest BCUT2D eigenvalue weighted by Crippen LogP contribution is -1.84. The van der Waals surface area contributed by atoms with Crippen molar-refractivity contribution >= 4 is 44.5 Å². The lowest BCUT2D eigenvalue weighted by atomic mass is 10.2. The van der Waals surface area contributed by atoms with Crippen molar-refractivity contribution in [2.24, 2.45) is 0 Å². The maximum absolute atomic E-state index is 5.93. The molecule has 0 fully saturated rings. The molecule has 0 aliphatic rings. The smallest absolute Gasteiger partial charge is 0.200 e. The van der Waals surface area contributed by atoms with Gasteiger partial charge in [-0.25, -0.2) is 19.9 Å². The van der Waals surface area contributed by atoms with Crippen molar-refractivity contribution in [1.29, 1.82) is 0 Å². The van der Waals surface area contributed by atoms with Gasteiger partial charge in [-0.05, 0) is 24.3 Å². The predicted molar refractivity (Wildman–Crippen MR) is 86.3 cm³/mol. The summed E-state index contributed by atoms with van der Waals surface area (Å²) in [4.78, 5) is 23.4. The Morgan fingerprint density at radius 3 is 2.83 bits per heavy atom. The fourth-order valence-electron chi connectivity index (χ4n) is 2.90. The molecular weight excluding hydrogens is 308 g/mol. The van der Waals surface area contributed by atoms with Gasteiger partial charge in [-0.2, -0.15) is 0 Å². The SMILES string of the molecule is c1nc2nc3nc(-c4cc5cc6occc6cc5o4)[nH]c3nc2[nH]1. The summed E-state index contributed by atoms with van der Waals surface area (Å²) in [5, 5.41) is 1.94. The van der Waals surface area contributed by atoms with Crippen molar-refractivity contribution in [3.8, 4) is 11.6 Å². The number of benzene rings is 1. The van der Waals surface area contributed by atoms with Crippen LogP contribution in [-0.4, -0.2) is 29.9 Å². The third-order valence-electron chi connectivity index (χ3n) is 4.03. The normalized spacial score (nSPS) is 12.2. The molecule has 0 aliphatic heterocycles. The maximum Gasteiger partial charge on any atom is 0.200 e. The number of H-pyrrole nitrogens is 2. The molecule has 0 aliphatic carbocycles. The molecule has 0 amide bonds. The first-order chi connectivity index (χ1) is 11.8. The molecule has 0 bridgehead atoms. The van der Waals surface area contributed by atoms with Crippen molar-refractivity contribution in [3.05, 3.63) is 36.9 Å². The first-order valence-electron chi connectivity index (χ1n) is 7.31. The fourth-order valence-corrected chi connectivity index (χ4v) is 2.90. The van der Waals surface area contributed by atoms with E-state index in [1.54, 1.807) is 12.6 Å². The van der Waals surface area contributed by atoms with Gasteiger partial charge in [0.2, 0.25) is 0 Å². The van der Waals surface area contributed by atoms with Gasteiger partial charge in [0.1, 0.15) is 11.2 Å². The van der Waals surface area contributed by atoms with E-state index in [1.807, 2.05) is 24.3 Å². The quantitative estimate of drug-likeness (QED) is 0.481. The van der Waals surface area contributed by atoms with E-state index in [2.05, 4.69) is 29.9 Å². The molecule has 0 saturated carbocycles. The third kappa shape index (κ3) is 1.51. The summed E-state index contributed by atoms with van der Waals surface area (Å²) in [5.41, 5.74) is 3.82. The highest BCUT2D eigenvalue weighted by atomic mass is 16.3. The monoisotopic (exact) mass is 316 g/mol. The van der Waals surface area contributed by atoms with Crippen LogP contribution in [-0.2, 0) is 0 Å². The van der Waals surface area contributed by atoms with Crippen LogP contribution < -0.4 is 0 Å². The summed E-state index contributed by atoms with van der Waals surface area (Å²) in [6.07, 6.45) is 3.22. The summed E-state index contributed by atoms with van der Waals surface area (Å²) in [7, 11) is 0.